The van der Waals surface area contributed by atoms with E-state index in [4.69, 9.17) is 0 Å². The van der Waals surface area contributed by atoms with E-state index in [1.807, 2.05) is 6.92 Å². The third kappa shape index (κ3) is 5.47. The summed E-state index contributed by atoms with van der Waals surface area (Å²) in [6.45, 7) is 1.99. The van der Waals surface area contributed by atoms with Crippen molar-refractivity contribution in [2.75, 3.05) is 0 Å². The fourth-order valence-electron chi connectivity index (χ4n) is 3.93. The Hall–Kier alpha value is -3.83. The average molecular weight is 475 g/mol. The van der Waals surface area contributed by atoms with Gasteiger partial charge in [0.2, 0.25) is 0 Å². The number of phenolic OH excluding ortho intramolecular Hbond substituents is 1. The van der Waals surface area contributed by atoms with E-state index in [1.165, 1.54) is 12.1 Å². The molecule has 0 saturated heterocycles. The van der Waals surface area contributed by atoms with Crippen molar-refractivity contribution in [1.29, 1.82) is 0 Å². The standard InChI is InChI=1S/C30H25F3O2/c1-2-3-28(35)23-12-10-21(11-13-23)26-17-16-25(29(32)30(26)33)20-7-4-19(5-8-20)6-9-22-14-15-24(34)18-27(22)31/h4-18,28,34-35H,2-3H2,1H3/b9-6+. The number of benzene rings is 4. The lowest BCUT2D eigenvalue weighted by Gasteiger charge is -2.12. The predicted octanol–water partition coefficient (Wildman–Crippen LogP) is 8.15. The zero-order chi connectivity index (χ0) is 24.9. The highest BCUT2D eigenvalue weighted by molar-refractivity contribution is 5.75. The average Bonchev–Trinajstić information content (AvgIpc) is 2.86. The van der Waals surface area contributed by atoms with Crippen LogP contribution >= 0.6 is 0 Å². The molecule has 0 radical (unpaired) electrons. The highest BCUT2D eigenvalue weighted by atomic mass is 19.2. The Labute approximate surface area is 202 Å². The number of aliphatic hydroxyl groups is 1. The van der Waals surface area contributed by atoms with Crippen molar-refractivity contribution in [1.82, 2.24) is 0 Å². The van der Waals surface area contributed by atoms with Gasteiger partial charge in [0, 0.05) is 22.8 Å². The lowest BCUT2D eigenvalue weighted by Crippen LogP contribution is -1.97. The molecule has 0 heterocycles. The first-order chi connectivity index (χ1) is 16.9. The minimum Gasteiger partial charge on any atom is -0.508 e. The van der Waals surface area contributed by atoms with E-state index >= 15 is 0 Å². The van der Waals surface area contributed by atoms with Crippen LogP contribution in [0.15, 0.2) is 78.9 Å². The van der Waals surface area contributed by atoms with Crippen molar-refractivity contribution in [2.45, 2.75) is 25.9 Å². The van der Waals surface area contributed by atoms with Crippen molar-refractivity contribution in [3.8, 4) is 28.0 Å². The normalized spacial score (nSPS) is 12.3. The predicted molar refractivity (Wildman–Crippen MR) is 134 cm³/mol. The van der Waals surface area contributed by atoms with Gasteiger partial charge >= 0.3 is 0 Å². The summed E-state index contributed by atoms with van der Waals surface area (Å²) in [6.07, 6.45) is 4.18. The van der Waals surface area contributed by atoms with Gasteiger partial charge in [0.05, 0.1) is 6.10 Å². The molecule has 0 fully saturated rings. The summed E-state index contributed by atoms with van der Waals surface area (Å²) < 4.78 is 43.8. The zero-order valence-corrected chi connectivity index (χ0v) is 19.2. The molecule has 4 aromatic carbocycles. The quantitative estimate of drug-likeness (QED) is 0.265. The van der Waals surface area contributed by atoms with Crippen molar-refractivity contribution >= 4 is 12.2 Å². The van der Waals surface area contributed by atoms with Crippen LogP contribution in [0.4, 0.5) is 13.2 Å². The summed E-state index contributed by atoms with van der Waals surface area (Å²) in [5.41, 5.74) is 3.16. The fourth-order valence-corrected chi connectivity index (χ4v) is 3.93. The molecule has 0 saturated carbocycles. The van der Waals surface area contributed by atoms with E-state index in [2.05, 4.69) is 0 Å². The van der Waals surface area contributed by atoms with Crippen LogP contribution in [-0.2, 0) is 0 Å². The second-order valence-electron chi connectivity index (χ2n) is 8.38. The van der Waals surface area contributed by atoms with E-state index in [9.17, 15) is 23.4 Å². The van der Waals surface area contributed by atoms with Gasteiger partial charge in [-0.3, -0.25) is 0 Å². The van der Waals surface area contributed by atoms with Crippen molar-refractivity contribution in [3.05, 3.63) is 113 Å². The summed E-state index contributed by atoms with van der Waals surface area (Å²) in [5.74, 6) is -2.56. The van der Waals surface area contributed by atoms with Gasteiger partial charge in [-0.05, 0) is 40.8 Å². The van der Waals surface area contributed by atoms with E-state index in [1.54, 1.807) is 72.8 Å². The molecule has 2 nitrogen and oxygen atoms in total. The maximum Gasteiger partial charge on any atom is 0.167 e. The van der Waals surface area contributed by atoms with Crippen molar-refractivity contribution in [3.63, 3.8) is 0 Å². The Bertz CT molecular complexity index is 1340. The minimum absolute atomic E-state index is 0.140. The topological polar surface area (TPSA) is 40.5 Å². The van der Waals surface area contributed by atoms with Gasteiger partial charge in [0.15, 0.2) is 11.6 Å². The lowest BCUT2D eigenvalue weighted by atomic mass is 9.96. The van der Waals surface area contributed by atoms with Crippen LogP contribution in [0.25, 0.3) is 34.4 Å². The van der Waals surface area contributed by atoms with Crippen LogP contribution < -0.4 is 0 Å². The first-order valence-corrected chi connectivity index (χ1v) is 11.4. The second kappa shape index (κ2) is 10.6. The summed E-state index contributed by atoms with van der Waals surface area (Å²) in [5, 5.41) is 19.4. The summed E-state index contributed by atoms with van der Waals surface area (Å²) in [6, 6.07) is 20.6. The third-order valence-electron chi connectivity index (χ3n) is 5.91. The molecule has 0 aliphatic rings. The highest BCUT2D eigenvalue weighted by Gasteiger charge is 2.16. The van der Waals surface area contributed by atoms with E-state index in [0.29, 0.717) is 23.1 Å². The Morgan fingerprint density at radius 2 is 1.31 bits per heavy atom. The third-order valence-corrected chi connectivity index (χ3v) is 5.91. The Morgan fingerprint density at radius 1 is 0.743 bits per heavy atom. The molecule has 0 bridgehead atoms. The maximum atomic E-state index is 15.0. The molecule has 178 valence electrons. The first kappa shape index (κ1) is 24.3. The number of rotatable bonds is 7. The number of aliphatic hydroxyl groups excluding tert-OH is 1. The number of phenols is 1. The molecule has 4 rings (SSSR count). The van der Waals surface area contributed by atoms with Crippen molar-refractivity contribution in [2.24, 2.45) is 0 Å². The lowest BCUT2D eigenvalue weighted by molar-refractivity contribution is 0.166. The van der Waals surface area contributed by atoms with Gasteiger partial charge in [-0.15, -0.1) is 0 Å². The number of aromatic hydroxyl groups is 1. The van der Waals surface area contributed by atoms with Gasteiger partial charge in [-0.25, -0.2) is 13.2 Å². The van der Waals surface area contributed by atoms with E-state index in [0.717, 1.165) is 23.6 Å². The Kier molecular flexibility index (Phi) is 7.37. The maximum absolute atomic E-state index is 15.0. The van der Waals surface area contributed by atoms with Crippen LogP contribution in [-0.4, -0.2) is 10.2 Å². The molecular formula is C30H25F3O2. The first-order valence-electron chi connectivity index (χ1n) is 11.4. The number of hydrogen-bond acceptors (Lipinski definition) is 2. The summed E-state index contributed by atoms with van der Waals surface area (Å²) in [7, 11) is 0. The molecule has 0 amide bonds. The fraction of sp³-hybridized carbons (Fsp3) is 0.133. The summed E-state index contributed by atoms with van der Waals surface area (Å²) in [4.78, 5) is 0. The molecule has 1 atom stereocenters. The van der Waals surface area contributed by atoms with Crippen LogP contribution in [0.3, 0.4) is 0 Å². The minimum atomic E-state index is -0.938. The molecule has 2 N–H and O–H groups in total. The van der Waals surface area contributed by atoms with Gasteiger partial charge in [0.25, 0.3) is 0 Å². The smallest absolute Gasteiger partial charge is 0.167 e. The van der Waals surface area contributed by atoms with Gasteiger partial charge in [-0.2, -0.15) is 0 Å². The van der Waals surface area contributed by atoms with Crippen molar-refractivity contribution < 1.29 is 23.4 Å². The van der Waals surface area contributed by atoms with Crippen LogP contribution in [0.1, 0.15) is 42.6 Å². The zero-order valence-electron chi connectivity index (χ0n) is 19.2. The number of hydrogen-bond donors (Lipinski definition) is 2. The molecule has 35 heavy (non-hydrogen) atoms. The largest absolute Gasteiger partial charge is 0.508 e. The van der Waals surface area contributed by atoms with Crippen LogP contribution in [0.5, 0.6) is 5.75 Å². The molecule has 0 aliphatic carbocycles. The van der Waals surface area contributed by atoms with E-state index < -0.39 is 23.6 Å². The van der Waals surface area contributed by atoms with Gasteiger partial charge < -0.3 is 10.2 Å². The highest BCUT2D eigenvalue weighted by Crippen LogP contribution is 2.32. The number of halogens is 3. The summed E-state index contributed by atoms with van der Waals surface area (Å²) >= 11 is 0. The van der Waals surface area contributed by atoms with Crippen LogP contribution in [0.2, 0.25) is 0 Å². The van der Waals surface area contributed by atoms with Crippen LogP contribution in [0, 0.1) is 17.5 Å². The molecule has 4 aromatic rings. The molecule has 0 spiro atoms. The second-order valence-corrected chi connectivity index (χ2v) is 8.38. The van der Waals surface area contributed by atoms with Gasteiger partial charge in [-0.1, -0.05) is 86.2 Å². The Balaban J connectivity index is 1.55. The Morgan fingerprint density at radius 3 is 1.86 bits per heavy atom. The molecule has 0 aliphatic heterocycles. The van der Waals surface area contributed by atoms with Gasteiger partial charge in [0.1, 0.15) is 11.6 Å². The molecule has 0 aromatic heterocycles. The van der Waals surface area contributed by atoms with E-state index in [-0.39, 0.29) is 16.9 Å². The molecular weight excluding hydrogens is 449 g/mol. The SMILES string of the molecule is CCCC(O)c1ccc(-c2ccc(-c3ccc(/C=C/c4ccc(O)cc4F)cc3)c(F)c2F)cc1. The molecule has 1 unspecified atom stereocenters. The molecule has 5 heteroatoms. The monoisotopic (exact) mass is 474 g/mol.